The fourth-order valence-electron chi connectivity index (χ4n) is 4.48. The summed E-state index contributed by atoms with van der Waals surface area (Å²) in [6.07, 6.45) is 0.289. The number of hydrogen-bond donors (Lipinski definition) is 4. The van der Waals surface area contributed by atoms with Crippen molar-refractivity contribution < 1.29 is 34.1 Å². The first-order valence-corrected chi connectivity index (χ1v) is 11.0. The smallest absolute Gasteiger partial charge is 0.340 e. The largest absolute Gasteiger partial charge is 0.508 e. The molecule has 34 heavy (non-hydrogen) atoms. The first-order valence-electron chi connectivity index (χ1n) is 10.5. The van der Waals surface area contributed by atoms with Crippen molar-refractivity contribution in [1.82, 2.24) is 0 Å². The molecule has 0 saturated heterocycles. The van der Waals surface area contributed by atoms with Crippen LogP contribution in [0.25, 0.3) is 0 Å². The zero-order valence-corrected chi connectivity index (χ0v) is 18.8. The third-order valence-corrected chi connectivity index (χ3v) is 6.38. The SMILES string of the molecule is CCC(C(=O)S)C(=O)Nc1ccc2c(c1)C(=O)OC21c2ccc(O)cc2Oc2cc(O)ccc21. The summed E-state index contributed by atoms with van der Waals surface area (Å²) in [7, 11) is 0. The number of hydrogen-bond acceptors (Lipinski definition) is 7. The third kappa shape index (κ3) is 3.19. The van der Waals surface area contributed by atoms with E-state index in [1.807, 2.05) is 0 Å². The average Bonchev–Trinajstić information content (AvgIpc) is 3.06. The molecule has 2 aliphatic rings. The van der Waals surface area contributed by atoms with E-state index in [1.165, 1.54) is 30.3 Å². The van der Waals surface area contributed by atoms with Crippen molar-refractivity contribution in [3.8, 4) is 23.0 Å². The quantitative estimate of drug-likeness (QED) is 0.254. The Bertz CT molecular complexity index is 1330. The molecule has 1 unspecified atom stereocenters. The standard InChI is InChI=1S/C25H19NO7S/c1-2-15(24(31)34)22(29)26-12-3-6-17-16(9-12)23(30)33-25(17)18-7-4-13(27)10-20(18)32-21-11-14(28)5-8-19(21)25/h3-11,15,27-28H,2H2,1H3,(H,26,29)(H,31,34). The fraction of sp³-hybridized carbons (Fsp3) is 0.160. The number of ether oxygens (including phenoxy) is 2. The van der Waals surface area contributed by atoms with Gasteiger partial charge < -0.3 is 25.0 Å². The van der Waals surface area contributed by atoms with Crippen LogP contribution in [0.4, 0.5) is 5.69 Å². The first-order chi connectivity index (χ1) is 16.2. The van der Waals surface area contributed by atoms with Gasteiger partial charge in [0.05, 0.1) is 5.56 Å². The summed E-state index contributed by atoms with van der Waals surface area (Å²) in [6.45, 7) is 1.71. The fourth-order valence-corrected chi connectivity index (χ4v) is 4.78. The van der Waals surface area contributed by atoms with E-state index in [1.54, 1.807) is 31.2 Å². The second-order valence-electron chi connectivity index (χ2n) is 8.08. The molecular formula is C25H19NO7S. The van der Waals surface area contributed by atoms with E-state index in [4.69, 9.17) is 9.47 Å². The molecule has 0 fully saturated rings. The molecule has 0 saturated carbocycles. The van der Waals surface area contributed by atoms with Crippen molar-refractivity contribution in [2.24, 2.45) is 5.92 Å². The number of rotatable bonds is 4. The van der Waals surface area contributed by atoms with E-state index >= 15 is 0 Å². The topological polar surface area (TPSA) is 122 Å². The summed E-state index contributed by atoms with van der Waals surface area (Å²) in [4.78, 5) is 37.2. The molecule has 1 atom stereocenters. The average molecular weight is 477 g/mol. The highest BCUT2D eigenvalue weighted by molar-refractivity contribution is 7.96. The van der Waals surface area contributed by atoms with Crippen molar-refractivity contribution in [3.63, 3.8) is 0 Å². The van der Waals surface area contributed by atoms with Crippen molar-refractivity contribution in [2.45, 2.75) is 18.9 Å². The second-order valence-corrected chi connectivity index (χ2v) is 8.52. The van der Waals surface area contributed by atoms with Crippen LogP contribution in [0.5, 0.6) is 23.0 Å². The van der Waals surface area contributed by atoms with Crippen molar-refractivity contribution >= 4 is 35.3 Å². The minimum atomic E-state index is -1.38. The van der Waals surface area contributed by atoms with Gasteiger partial charge in [-0.1, -0.05) is 13.0 Å². The number of benzene rings is 3. The number of thiol groups is 1. The summed E-state index contributed by atoms with van der Waals surface area (Å²) >= 11 is 3.77. The van der Waals surface area contributed by atoms with E-state index in [0.717, 1.165) is 0 Å². The van der Waals surface area contributed by atoms with Crippen LogP contribution in [0.1, 0.15) is 40.4 Å². The van der Waals surface area contributed by atoms with Gasteiger partial charge in [0.25, 0.3) is 0 Å². The number of carbonyl (C=O) groups excluding carboxylic acids is 3. The number of aromatic hydroxyl groups is 2. The van der Waals surface area contributed by atoms with Crippen LogP contribution in [0.15, 0.2) is 54.6 Å². The number of phenols is 2. The van der Waals surface area contributed by atoms with E-state index in [-0.39, 0.29) is 35.0 Å². The number of nitrogens with one attached hydrogen (secondary N) is 1. The molecule has 2 heterocycles. The maximum absolute atomic E-state index is 13.1. The lowest BCUT2D eigenvalue weighted by atomic mass is 9.77. The molecule has 3 aromatic carbocycles. The van der Waals surface area contributed by atoms with Gasteiger partial charge in [-0.05, 0) is 42.8 Å². The number of carbonyl (C=O) groups is 3. The Hall–Kier alpha value is -3.98. The molecule has 1 spiro atoms. The van der Waals surface area contributed by atoms with Gasteiger partial charge in [-0.25, -0.2) is 4.79 Å². The number of amides is 1. The molecule has 0 aromatic heterocycles. The lowest BCUT2D eigenvalue weighted by molar-refractivity contribution is -0.126. The van der Waals surface area contributed by atoms with E-state index in [0.29, 0.717) is 22.4 Å². The van der Waals surface area contributed by atoms with Crippen LogP contribution in [-0.2, 0) is 19.9 Å². The Morgan fingerprint density at radius 3 is 2.12 bits per heavy atom. The predicted molar refractivity (Wildman–Crippen MR) is 124 cm³/mol. The van der Waals surface area contributed by atoms with Gasteiger partial charge in [0.2, 0.25) is 5.91 Å². The Balaban J connectivity index is 1.65. The maximum atomic E-state index is 13.1. The second kappa shape index (κ2) is 7.81. The molecule has 0 aliphatic carbocycles. The lowest BCUT2D eigenvalue weighted by Gasteiger charge is -2.36. The zero-order chi connectivity index (χ0) is 24.2. The van der Waals surface area contributed by atoms with Gasteiger partial charge in [-0.2, -0.15) is 0 Å². The van der Waals surface area contributed by atoms with Gasteiger partial charge >= 0.3 is 5.97 Å². The van der Waals surface area contributed by atoms with Gasteiger partial charge in [0.15, 0.2) is 10.7 Å². The summed E-state index contributed by atoms with van der Waals surface area (Å²) in [5.74, 6) is -1.58. The molecule has 5 rings (SSSR count). The highest BCUT2D eigenvalue weighted by Crippen LogP contribution is 2.57. The Kier molecular flexibility index (Phi) is 5.02. The van der Waals surface area contributed by atoms with Crippen molar-refractivity contribution in [1.29, 1.82) is 0 Å². The summed E-state index contributed by atoms with van der Waals surface area (Å²) in [5.41, 5.74) is 0.678. The summed E-state index contributed by atoms with van der Waals surface area (Å²) in [6, 6.07) is 13.8. The van der Waals surface area contributed by atoms with Crippen LogP contribution in [0, 0.1) is 5.92 Å². The van der Waals surface area contributed by atoms with Gasteiger partial charge in [0, 0.05) is 34.5 Å². The summed E-state index contributed by atoms with van der Waals surface area (Å²) in [5, 5.41) is 22.1. The molecule has 172 valence electrons. The van der Waals surface area contributed by atoms with Crippen LogP contribution < -0.4 is 10.1 Å². The minimum absolute atomic E-state index is 0.0377. The number of anilines is 1. The molecule has 8 nitrogen and oxygen atoms in total. The van der Waals surface area contributed by atoms with Crippen LogP contribution in [0.2, 0.25) is 0 Å². The third-order valence-electron chi connectivity index (χ3n) is 6.06. The first kappa shape index (κ1) is 21.8. The zero-order valence-electron chi connectivity index (χ0n) is 17.9. The van der Waals surface area contributed by atoms with Crippen LogP contribution in [0.3, 0.4) is 0 Å². The minimum Gasteiger partial charge on any atom is -0.508 e. The lowest BCUT2D eigenvalue weighted by Crippen LogP contribution is -2.32. The highest BCUT2D eigenvalue weighted by atomic mass is 32.1. The normalized spacial score (nSPS) is 15.4. The molecule has 0 radical (unpaired) electrons. The Labute approximate surface area is 199 Å². The van der Waals surface area contributed by atoms with Crippen molar-refractivity contribution in [3.05, 3.63) is 76.9 Å². The number of fused-ring (bicyclic) bond motifs is 6. The molecule has 3 aromatic rings. The highest BCUT2D eigenvalue weighted by Gasteiger charge is 2.53. The van der Waals surface area contributed by atoms with Crippen LogP contribution in [-0.4, -0.2) is 27.2 Å². The molecular weight excluding hydrogens is 458 g/mol. The van der Waals surface area contributed by atoms with Crippen LogP contribution >= 0.6 is 12.6 Å². The molecule has 1 amide bonds. The molecule has 9 heteroatoms. The number of phenolic OH excluding ortho intramolecular Hbond substituents is 2. The van der Waals surface area contributed by atoms with Gasteiger partial charge in [-0.15, -0.1) is 12.6 Å². The molecule has 0 bridgehead atoms. The predicted octanol–water partition coefficient (Wildman–Crippen LogP) is 4.09. The molecule has 2 aliphatic heterocycles. The van der Waals surface area contributed by atoms with Gasteiger partial charge in [0.1, 0.15) is 28.9 Å². The van der Waals surface area contributed by atoms with Gasteiger partial charge in [-0.3, -0.25) is 9.59 Å². The van der Waals surface area contributed by atoms with E-state index in [2.05, 4.69) is 17.9 Å². The Morgan fingerprint density at radius 2 is 1.56 bits per heavy atom. The Morgan fingerprint density at radius 1 is 0.971 bits per heavy atom. The maximum Gasteiger partial charge on any atom is 0.340 e. The number of esters is 1. The van der Waals surface area contributed by atoms with E-state index < -0.39 is 28.5 Å². The van der Waals surface area contributed by atoms with E-state index in [9.17, 15) is 24.6 Å². The monoisotopic (exact) mass is 477 g/mol. The van der Waals surface area contributed by atoms with Crippen molar-refractivity contribution in [2.75, 3.05) is 5.32 Å². The molecule has 3 N–H and O–H groups in total. The summed E-state index contributed by atoms with van der Waals surface area (Å²) < 4.78 is 11.9.